The fourth-order valence-corrected chi connectivity index (χ4v) is 3.26. The van der Waals surface area contributed by atoms with E-state index in [9.17, 15) is 0 Å². The molecule has 0 radical (unpaired) electrons. The topological polar surface area (TPSA) is 24.9 Å². The van der Waals surface area contributed by atoms with Gasteiger partial charge in [-0.25, -0.2) is 4.98 Å². The van der Waals surface area contributed by atoms with Gasteiger partial charge in [-0.05, 0) is 30.3 Å². The molecule has 0 spiro atoms. The lowest BCUT2D eigenvalue weighted by Gasteiger charge is -2.14. The highest BCUT2D eigenvalue weighted by Gasteiger charge is 2.17. The Morgan fingerprint density at radius 3 is 2.60 bits per heavy atom. The summed E-state index contributed by atoms with van der Waals surface area (Å²) in [7, 11) is 1.95. The molecular formula is C16H21ClN2S. The zero-order valence-electron chi connectivity index (χ0n) is 12.5. The van der Waals surface area contributed by atoms with E-state index in [1.807, 2.05) is 19.2 Å². The maximum absolute atomic E-state index is 6.08. The summed E-state index contributed by atoms with van der Waals surface area (Å²) < 4.78 is 0. The predicted molar refractivity (Wildman–Crippen MR) is 87.8 cm³/mol. The molecule has 2 nitrogen and oxygen atoms in total. The van der Waals surface area contributed by atoms with E-state index in [0.717, 1.165) is 23.0 Å². The molecule has 0 bridgehead atoms. The normalized spacial score (nSPS) is 11.8. The SMILES string of the molecule is CNCc1cc(Cl)ccc1Cc1nc(C(C)(C)C)cs1. The van der Waals surface area contributed by atoms with E-state index < -0.39 is 0 Å². The van der Waals surface area contributed by atoms with Crippen LogP contribution in [0.4, 0.5) is 0 Å². The predicted octanol–water partition coefficient (Wildman–Crippen LogP) is 4.40. The Bertz CT molecular complexity index is 584. The van der Waals surface area contributed by atoms with Crippen LogP contribution in [0, 0.1) is 0 Å². The third-order valence-electron chi connectivity index (χ3n) is 3.20. The van der Waals surface area contributed by atoms with Crippen molar-refractivity contribution in [2.75, 3.05) is 7.05 Å². The van der Waals surface area contributed by atoms with Gasteiger partial charge in [-0.1, -0.05) is 38.4 Å². The average Bonchev–Trinajstić information content (AvgIpc) is 2.81. The number of thiazole rings is 1. The van der Waals surface area contributed by atoms with Crippen LogP contribution in [0.15, 0.2) is 23.6 Å². The molecule has 0 saturated carbocycles. The molecule has 1 N–H and O–H groups in total. The van der Waals surface area contributed by atoms with Crippen molar-refractivity contribution in [2.45, 2.75) is 39.2 Å². The molecule has 1 aromatic heterocycles. The van der Waals surface area contributed by atoms with E-state index in [1.165, 1.54) is 16.8 Å². The highest BCUT2D eigenvalue weighted by molar-refractivity contribution is 7.09. The number of nitrogens with zero attached hydrogens (tertiary/aromatic N) is 1. The van der Waals surface area contributed by atoms with Crippen LogP contribution in [0.3, 0.4) is 0 Å². The molecule has 20 heavy (non-hydrogen) atoms. The van der Waals surface area contributed by atoms with Gasteiger partial charge in [-0.15, -0.1) is 11.3 Å². The van der Waals surface area contributed by atoms with Crippen LogP contribution in [0.2, 0.25) is 5.02 Å². The summed E-state index contributed by atoms with van der Waals surface area (Å²) in [4.78, 5) is 4.77. The van der Waals surface area contributed by atoms with Crippen LogP contribution in [0.1, 0.15) is 42.6 Å². The molecule has 1 aromatic carbocycles. The second kappa shape index (κ2) is 6.25. The summed E-state index contributed by atoms with van der Waals surface area (Å²) in [6, 6.07) is 6.09. The van der Waals surface area contributed by atoms with Crippen molar-refractivity contribution >= 4 is 22.9 Å². The average molecular weight is 309 g/mol. The zero-order chi connectivity index (χ0) is 14.8. The minimum absolute atomic E-state index is 0.114. The quantitative estimate of drug-likeness (QED) is 0.905. The number of halogens is 1. The van der Waals surface area contributed by atoms with E-state index >= 15 is 0 Å². The van der Waals surface area contributed by atoms with Gasteiger partial charge in [0.2, 0.25) is 0 Å². The summed E-state index contributed by atoms with van der Waals surface area (Å²) in [5.41, 5.74) is 3.82. The summed E-state index contributed by atoms with van der Waals surface area (Å²) >= 11 is 7.82. The van der Waals surface area contributed by atoms with Gasteiger partial charge in [-0.3, -0.25) is 0 Å². The molecule has 2 rings (SSSR count). The van der Waals surface area contributed by atoms with E-state index in [1.54, 1.807) is 11.3 Å². The van der Waals surface area contributed by atoms with Crippen LogP contribution >= 0.6 is 22.9 Å². The van der Waals surface area contributed by atoms with Gasteiger partial charge in [-0.2, -0.15) is 0 Å². The lowest BCUT2D eigenvalue weighted by atomic mass is 9.93. The number of rotatable bonds is 4. The van der Waals surface area contributed by atoms with Gasteiger partial charge >= 0.3 is 0 Å². The van der Waals surface area contributed by atoms with Crippen molar-refractivity contribution < 1.29 is 0 Å². The van der Waals surface area contributed by atoms with E-state index in [-0.39, 0.29) is 5.41 Å². The largest absolute Gasteiger partial charge is 0.316 e. The number of benzene rings is 1. The summed E-state index contributed by atoms with van der Waals surface area (Å²) in [5.74, 6) is 0. The third kappa shape index (κ3) is 3.81. The number of aromatic nitrogens is 1. The minimum Gasteiger partial charge on any atom is -0.316 e. The Balaban J connectivity index is 2.23. The van der Waals surface area contributed by atoms with Crippen molar-refractivity contribution in [2.24, 2.45) is 0 Å². The molecule has 0 aliphatic carbocycles. The lowest BCUT2D eigenvalue weighted by Crippen LogP contribution is -2.11. The maximum atomic E-state index is 6.08. The fourth-order valence-electron chi connectivity index (χ4n) is 2.02. The fraction of sp³-hybridized carbons (Fsp3) is 0.438. The Morgan fingerprint density at radius 2 is 2.00 bits per heavy atom. The van der Waals surface area contributed by atoms with Crippen molar-refractivity contribution in [3.63, 3.8) is 0 Å². The van der Waals surface area contributed by atoms with Crippen molar-refractivity contribution in [1.82, 2.24) is 10.3 Å². The summed E-state index contributed by atoms with van der Waals surface area (Å²) in [6.07, 6.45) is 0.870. The number of hydrogen-bond acceptors (Lipinski definition) is 3. The first kappa shape index (κ1) is 15.5. The van der Waals surface area contributed by atoms with Crippen LogP contribution in [0.5, 0.6) is 0 Å². The molecule has 0 saturated heterocycles. The third-order valence-corrected chi connectivity index (χ3v) is 4.28. The summed E-state index contributed by atoms with van der Waals surface area (Å²) in [5, 5.41) is 7.31. The zero-order valence-corrected chi connectivity index (χ0v) is 14.0. The smallest absolute Gasteiger partial charge is 0.0972 e. The van der Waals surface area contributed by atoms with Crippen LogP contribution < -0.4 is 5.32 Å². The van der Waals surface area contributed by atoms with Crippen molar-refractivity contribution in [3.05, 3.63) is 50.4 Å². The molecule has 0 aliphatic rings. The van der Waals surface area contributed by atoms with Crippen molar-refractivity contribution in [3.8, 4) is 0 Å². The number of nitrogens with one attached hydrogen (secondary N) is 1. The molecule has 0 atom stereocenters. The van der Waals surface area contributed by atoms with E-state index in [4.69, 9.17) is 16.6 Å². The first-order valence-electron chi connectivity index (χ1n) is 6.77. The second-order valence-electron chi connectivity index (χ2n) is 6.00. The Labute approximate surface area is 130 Å². The minimum atomic E-state index is 0.114. The van der Waals surface area contributed by atoms with Gasteiger partial charge in [0.25, 0.3) is 0 Å². The van der Waals surface area contributed by atoms with Crippen molar-refractivity contribution in [1.29, 1.82) is 0 Å². The van der Waals surface area contributed by atoms with Gasteiger partial charge < -0.3 is 5.32 Å². The standard InChI is InChI=1S/C16H21ClN2S/c1-16(2,3)14-10-20-15(19-14)8-11-5-6-13(17)7-12(11)9-18-4/h5-7,10,18H,8-9H2,1-4H3. The molecule has 2 aromatic rings. The lowest BCUT2D eigenvalue weighted by molar-refractivity contribution is 0.571. The molecular weight excluding hydrogens is 288 g/mol. The monoisotopic (exact) mass is 308 g/mol. The molecule has 108 valence electrons. The number of hydrogen-bond donors (Lipinski definition) is 1. The summed E-state index contributed by atoms with van der Waals surface area (Å²) in [6.45, 7) is 7.41. The highest BCUT2D eigenvalue weighted by Crippen LogP contribution is 2.26. The maximum Gasteiger partial charge on any atom is 0.0972 e. The first-order valence-corrected chi connectivity index (χ1v) is 8.02. The molecule has 0 aliphatic heterocycles. The van der Waals surface area contributed by atoms with Gasteiger partial charge in [0.15, 0.2) is 0 Å². The molecule has 0 unspecified atom stereocenters. The van der Waals surface area contributed by atoms with Crippen LogP contribution in [-0.2, 0) is 18.4 Å². The highest BCUT2D eigenvalue weighted by atomic mass is 35.5. The van der Waals surface area contributed by atoms with Crippen LogP contribution in [-0.4, -0.2) is 12.0 Å². The second-order valence-corrected chi connectivity index (χ2v) is 7.38. The molecule has 0 fully saturated rings. The van der Waals surface area contributed by atoms with E-state index in [2.05, 4.69) is 37.5 Å². The van der Waals surface area contributed by atoms with Gasteiger partial charge in [0.05, 0.1) is 10.7 Å². The van der Waals surface area contributed by atoms with Gasteiger partial charge in [0, 0.05) is 28.8 Å². The molecule has 0 amide bonds. The molecule has 4 heteroatoms. The Morgan fingerprint density at radius 1 is 1.25 bits per heavy atom. The Hall–Kier alpha value is -0.900. The first-order chi connectivity index (χ1) is 9.40. The Kier molecular flexibility index (Phi) is 4.84. The molecule has 1 heterocycles. The van der Waals surface area contributed by atoms with Crippen LogP contribution in [0.25, 0.3) is 0 Å². The van der Waals surface area contributed by atoms with Gasteiger partial charge in [0.1, 0.15) is 0 Å². The van der Waals surface area contributed by atoms with E-state index in [0.29, 0.717) is 0 Å².